The summed E-state index contributed by atoms with van der Waals surface area (Å²) in [5, 5.41) is 10.7. The van der Waals surface area contributed by atoms with Crippen molar-refractivity contribution in [2.45, 2.75) is 26.4 Å². The number of benzene rings is 1. The molecule has 1 heterocycles. The number of halogens is 2. The highest BCUT2D eigenvalue weighted by molar-refractivity contribution is 5.52. The van der Waals surface area contributed by atoms with Gasteiger partial charge in [-0.1, -0.05) is 13.8 Å². The maximum absolute atomic E-state index is 13.0. The molecule has 1 aromatic carbocycles. The van der Waals surface area contributed by atoms with Gasteiger partial charge in [0.15, 0.2) is 11.6 Å². The van der Waals surface area contributed by atoms with E-state index in [2.05, 4.69) is 15.5 Å². The second-order valence-electron chi connectivity index (χ2n) is 4.17. The van der Waals surface area contributed by atoms with Gasteiger partial charge in [-0.25, -0.2) is 8.78 Å². The van der Waals surface area contributed by atoms with E-state index in [9.17, 15) is 8.78 Å². The Kier molecular flexibility index (Phi) is 3.66. The summed E-state index contributed by atoms with van der Waals surface area (Å²) in [6, 6.07) is 3.75. The van der Waals surface area contributed by atoms with Gasteiger partial charge in [0.1, 0.15) is 0 Å². The zero-order chi connectivity index (χ0) is 13.1. The average molecular weight is 253 g/mol. The lowest BCUT2D eigenvalue weighted by Gasteiger charge is -2.03. The van der Waals surface area contributed by atoms with Crippen LogP contribution in [0.3, 0.4) is 0 Å². The van der Waals surface area contributed by atoms with Crippen molar-refractivity contribution in [1.29, 1.82) is 0 Å². The van der Waals surface area contributed by atoms with E-state index in [0.717, 1.165) is 12.1 Å². The molecule has 0 atom stereocenters. The van der Waals surface area contributed by atoms with E-state index in [1.165, 1.54) is 6.07 Å². The lowest BCUT2D eigenvalue weighted by molar-refractivity contribution is 0.458. The maximum Gasteiger partial charge on any atom is 0.247 e. The Labute approximate surface area is 103 Å². The van der Waals surface area contributed by atoms with Crippen molar-refractivity contribution in [2.75, 3.05) is 0 Å². The van der Waals surface area contributed by atoms with Crippen molar-refractivity contribution in [2.24, 2.45) is 0 Å². The molecule has 0 spiro atoms. The van der Waals surface area contributed by atoms with Gasteiger partial charge < -0.3 is 9.73 Å². The van der Waals surface area contributed by atoms with E-state index < -0.39 is 11.6 Å². The maximum atomic E-state index is 13.0. The van der Waals surface area contributed by atoms with Gasteiger partial charge in [0, 0.05) is 11.6 Å². The highest BCUT2D eigenvalue weighted by Gasteiger charge is 2.11. The quantitative estimate of drug-likeness (QED) is 0.909. The van der Waals surface area contributed by atoms with Crippen LogP contribution < -0.4 is 5.32 Å². The zero-order valence-electron chi connectivity index (χ0n) is 10.1. The molecule has 0 radical (unpaired) electrons. The molecule has 0 saturated carbocycles. The van der Waals surface area contributed by atoms with Gasteiger partial charge in [-0.2, -0.15) is 0 Å². The van der Waals surface area contributed by atoms with Gasteiger partial charge in [-0.15, -0.1) is 10.2 Å². The normalized spacial score (nSPS) is 11.2. The van der Waals surface area contributed by atoms with Crippen molar-refractivity contribution < 1.29 is 13.2 Å². The first kappa shape index (κ1) is 12.6. The largest absolute Gasteiger partial charge is 0.419 e. The van der Waals surface area contributed by atoms with E-state index >= 15 is 0 Å². The third kappa shape index (κ3) is 2.89. The molecule has 0 bridgehead atoms. The second-order valence-corrected chi connectivity index (χ2v) is 4.17. The molecule has 96 valence electrons. The van der Waals surface area contributed by atoms with Crippen LogP contribution in [-0.4, -0.2) is 16.2 Å². The number of hydrogen-bond acceptors (Lipinski definition) is 4. The summed E-state index contributed by atoms with van der Waals surface area (Å²) in [6.07, 6.45) is 0. The number of aromatic nitrogens is 2. The summed E-state index contributed by atoms with van der Waals surface area (Å²) in [4.78, 5) is 0. The van der Waals surface area contributed by atoms with Gasteiger partial charge in [-0.3, -0.25) is 0 Å². The van der Waals surface area contributed by atoms with Crippen molar-refractivity contribution in [3.8, 4) is 11.5 Å². The lowest BCUT2D eigenvalue weighted by atomic mass is 10.2. The van der Waals surface area contributed by atoms with E-state index in [1.807, 2.05) is 13.8 Å². The summed E-state index contributed by atoms with van der Waals surface area (Å²) >= 11 is 0. The molecule has 2 aromatic rings. The molecule has 1 aromatic heterocycles. The smallest absolute Gasteiger partial charge is 0.247 e. The topological polar surface area (TPSA) is 51.0 Å². The first-order chi connectivity index (χ1) is 8.56. The van der Waals surface area contributed by atoms with Crippen LogP contribution in [0.2, 0.25) is 0 Å². The summed E-state index contributed by atoms with van der Waals surface area (Å²) in [7, 11) is 0. The van der Waals surface area contributed by atoms with E-state index in [-0.39, 0.29) is 5.89 Å². The fourth-order valence-corrected chi connectivity index (χ4v) is 1.36. The van der Waals surface area contributed by atoms with Crippen LogP contribution in [0.1, 0.15) is 19.7 Å². The number of hydrogen-bond donors (Lipinski definition) is 1. The molecule has 18 heavy (non-hydrogen) atoms. The molecule has 2 rings (SSSR count). The molecule has 0 unspecified atom stereocenters. The van der Waals surface area contributed by atoms with Crippen LogP contribution >= 0.6 is 0 Å². The molecular weight excluding hydrogens is 240 g/mol. The van der Waals surface area contributed by atoms with Crippen molar-refractivity contribution in [3.63, 3.8) is 0 Å². The number of nitrogens with zero attached hydrogens (tertiary/aromatic N) is 2. The van der Waals surface area contributed by atoms with Crippen LogP contribution in [0.4, 0.5) is 8.78 Å². The number of rotatable bonds is 4. The van der Waals surface area contributed by atoms with E-state index in [0.29, 0.717) is 24.0 Å². The summed E-state index contributed by atoms with van der Waals surface area (Å²) in [5.41, 5.74) is 0.359. The molecule has 6 heteroatoms. The Balaban J connectivity index is 2.16. The third-order valence-electron chi connectivity index (χ3n) is 2.29. The second kappa shape index (κ2) is 5.22. The fraction of sp³-hybridized carbons (Fsp3) is 0.333. The standard InChI is InChI=1S/C12H13F2N3O/c1-7(2)15-6-11-16-17-12(18-11)8-3-4-9(13)10(14)5-8/h3-5,7,15H,6H2,1-2H3. The minimum atomic E-state index is -0.937. The minimum Gasteiger partial charge on any atom is -0.419 e. The number of nitrogens with one attached hydrogen (secondary N) is 1. The summed E-state index contributed by atoms with van der Waals surface area (Å²) in [5.74, 6) is -1.26. The first-order valence-electron chi connectivity index (χ1n) is 5.57. The molecular formula is C12H13F2N3O. The minimum absolute atomic E-state index is 0.175. The van der Waals surface area contributed by atoms with Gasteiger partial charge >= 0.3 is 0 Å². The Bertz CT molecular complexity index is 540. The zero-order valence-corrected chi connectivity index (χ0v) is 10.1. The Morgan fingerprint density at radius 2 is 2.00 bits per heavy atom. The van der Waals surface area contributed by atoms with Crippen LogP contribution in [0.5, 0.6) is 0 Å². The highest BCUT2D eigenvalue weighted by Crippen LogP contribution is 2.20. The van der Waals surface area contributed by atoms with E-state index in [4.69, 9.17) is 4.42 Å². The van der Waals surface area contributed by atoms with Gasteiger partial charge in [0.25, 0.3) is 0 Å². The molecule has 1 N–H and O–H groups in total. The summed E-state index contributed by atoms with van der Waals surface area (Å²) in [6.45, 7) is 4.42. The van der Waals surface area contributed by atoms with Crippen LogP contribution in [0.15, 0.2) is 22.6 Å². The van der Waals surface area contributed by atoms with Crippen LogP contribution in [-0.2, 0) is 6.54 Å². The lowest BCUT2D eigenvalue weighted by Crippen LogP contribution is -2.21. The molecule has 0 amide bonds. The molecule has 4 nitrogen and oxygen atoms in total. The average Bonchev–Trinajstić information content (AvgIpc) is 2.79. The Morgan fingerprint density at radius 1 is 1.22 bits per heavy atom. The SMILES string of the molecule is CC(C)NCc1nnc(-c2ccc(F)c(F)c2)o1. The molecule has 0 aliphatic rings. The molecule has 0 aliphatic carbocycles. The Morgan fingerprint density at radius 3 is 2.67 bits per heavy atom. The highest BCUT2D eigenvalue weighted by atomic mass is 19.2. The predicted octanol–water partition coefficient (Wildman–Crippen LogP) is 2.51. The van der Waals surface area contributed by atoms with Crippen LogP contribution in [0.25, 0.3) is 11.5 Å². The fourth-order valence-electron chi connectivity index (χ4n) is 1.36. The molecule has 0 fully saturated rings. The van der Waals surface area contributed by atoms with Crippen molar-refractivity contribution >= 4 is 0 Å². The first-order valence-corrected chi connectivity index (χ1v) is 5.57. The van der Waals surface area contributed by atoms with Crippen LogP contribution in [0, 0.1) is 11.6 Å². The van der Waals surface area contributed by atoms with Crippen molar-refractivity contribution in [1.82, 2.24) is 15.5 Å². The molecule has 0 aliphatic heterocycles. The van der Waals surface area contributed by atoms with Gasteiger partial charge in [0.05, 0.1) is 6.54 Å². The molecule has 0 saturated heterocycles. The van der Waals surface area contributed by atoms with Gasteiger partial charge in [0.2, 0.25) is 11.8 Å². The van der Waals surface area contributed by atoms with Crippen molar-refractivity contribution in [3.05, 3.63) is 35.7 Å². The summed E-state index contributed by atoms with van der Waals surface area (Å²) < 4.78 is 31.2. The van der Waals surface area contributed by atoms with E-state index in [1.54, 1.807) is 0 Å². The third-order valence-corrected chi connectivity index (χ3v) is 2.29. The monoisotopic (exact) mass is 253 g/mol. The Hall–Kier alpha value is -1.82. The van der Waals surface area contributed by atoms with Gasteiger partial charge in [-0.05, 0) is 18.2 Å². The predicted molar refractivity (Wildman–Crippen MR) is 61.6 cm³/mol.